The van der Waals surface area contributed by atoms with Gasteiger partial charge in [0.05, 0.1) is 11.0 Å². The second-order valence-corrected chi connectivity index (χ2v) is 9.22. The van der Waals surface area contributed by atoms with E-state index in [0.717, 1.165) is 37.0 Å². The number of rotatable bonds is 4. The Morgan fingerprint density at radius 2 is 1.78 bits per heavy atom. The minimum absolute atomic E-state index is 0.0555. The van der Waals surface area contributed by atoms with Crippen molar-refractivity contribution in [3.8, 4) is 0 Å². The normalized spacial score (nSPS) is 19.8. The molecule has 1 aliphatic carbocycles. The van der Waals surface area contributed by atoms with Crippen LogP contribution < -0.4 is 11.0 Å². The molecule has 0 unspecified atom stereocenters. The van der Waals surface area contributed by atoms with Crippen LogP contribution in [0.25, 0.3) is 11.0 Å². The standard InChI is InChI=1S/C26H32N4O2/c1-18-7-5-9-21-20(18)8-6-12-22(21)28-15-13-19(14-16-28)30-24-11-4-3-10-23(24)29(26(30)32)17-25(31)27-2/h3-5,7,9-11,19,22H,6,8,12-17H2,1-2H3,(H,27,31)/t22-/m1/s1. The van der Waals surface area contributed by atoms with E-state index in [-0.39, 0.29) is 24.2 Å². The van der Waals surface area contributed by atoms with Crippen molar-refractivity contribution < 1.29 is 4.79 Å². The van der Waals surface area contributed by atoms with Gasteiger partial charge >= 0.3 is 5.69 Å². The second kappa shape index (κ2) is 8.58. The fourth-order valence-electron chi connectivity index (χ4n) is 5.80. The number of aromatic nitrogens is 2. The lowest BCUT2D eigenvalue weighted by atomic mass is 9.83. The Morgan fingerprint density at radius 3 is 2.53 bits per heavy atom. The van der Waals surface area contributed by atoms with Gasteiger partial charge in [0.15, 0.2) is 0 Å². The Kier molecular flexibility index (Phi) is 5.64. The van der Waals surface area contributed by atoms with Crippen molar-refractivity contribution >= 4 is 16.9 Å². The molecule has 1 aromatic heterocycles. The number of nitrogens with one attached hydrogen (secondary N) is 1. The van der Waals surface area contributed by atoms with Crippen LogP contribution in [-0.2, 0) is 17.8 Å². The van der Waals surface area contributed by atoms with Crippen molar-refractivity contribution in [2.75, 3.05) is 20.1 Å². The molecule has 1 aliphatic heterocycles. The van der Waals surface area contributed by atoms with Crippen LogP contribution in [0.4, 0.5) is 0 Å². The lowest BCUT2D eigenvalue weighted by molar-refractivity contribution is -0.121. The Balaban J connectivity index is 1.40. The van der Waals surface area contributed by atoms with Crippen molar-refractivity contribution in [2.45, 2.75) is 57.7 Å². The van der Waals surface area contributed by atoms with Crippen LogP contribution >= 0.6 is 0 Å². The molecule has 32 heavy (non-hydrogen) atoms. The summed E-state index contributed by atoms with van der Waals surface area (Å²) in [6, 6.07) is 15.2. The van der Waals surface area contributed by atoms with E-state index in [0.29, 0.717) is 6.04 Å². The number of imidazole rings is 1. The molecule has 1 fully saturated rings. The molecule has 0 spiro atoms. The fraction of sp³-hybridized carbons (Fsp3) is 0.462. The summed E-state index contributed by atoms with van der Waals surface area (Å²) in [6.45, 7) is 4.27. The van der Waals surface area contributed by atoms with Gasteiger partial charge < -0.3 is 5.32 Å². The van der Waals surface area contributed by atoms with Gasteiger partial charge in [0, 0.05) is 32.2 Å². The molecule has 0 saturated carbocycles. The molecular weight excluding hydrogens is 400 g/mol. The van der Waals surface area contributed by atoms with Gasteiger partial charge in [-0.2, -0.15) is 0 Å². The maximum Gasteiger partial charge on any atom is 0.329 e. The first-order valence-electron chi connectivity index (χ1n) is 11.8. The van der Waals surface area contributed by atoms with E-state index in [1.165, 1.54) is 30.4 Å². The highest BCUT2D eigenvalue weighted by Gasteiger charge is 2.31. The Hall–Kier alpha value is -2.86. The molecule has 1 atom stereocenters. The maximum atomic E-state index is 13.4. The number of carbonyl (C=O) groups excluding carboxylic acids is 1. The summed E-state index contributed by atoms with van der Waals surface area (Å²) in [7, 11) is 1.60. The van der Waals surface area contributed by atoms with E-state index in [2.05, 4.69) is 35.3 Å². The Bertz CT molecular complexity index is 1200. The van der Waals surface area contributed by atoms with Gasteiger partial charge in [0.2, 0.25) is 5.91 Å². The fourth-order valence-corrected chi connectivity index (χ4v) is 5.80. The Morgan fingerprint density at radius 1 is 1.03 bits per heavy atom. The lowest BCUT2D eigenvalue weighted by Gasteiger charge is -2.40. The van der Waals surface area contributed by atoms with Crippen molar-refractivity contribution in [3.63, 3.8) is 0 Å². The van der Waals surface area contributed by atoms with Crippen molar-refractivity contribution in [2.24, 2.45) is 0 Å². The molecule has 3 aromatic rings. The minimum Gasteiger partial charge on any atom is -0.358 e. The number of piperidine rings is 1. The van der Waals surface area contributed by atoms with Crippen LogP contribution in [0.15, 0.2) is 47.3 Å². The van der Waals surface area contributed by atoms with Gasteiger partial charge in [-0.3, -0.25) is 18.8 Å². The first-order chi connectivity index (χ1) is 15.6. The van der Waals surface area contributed by atoms with Crippen molar-refractivity contribution in [1.29, 1.82) is 0 Å². The van der Waals surface area contributed by atoms with E-state index in [4.69, 9.17) is 0 Å². The number of hydrogen-bond acceptors (Lipinski definition) is 3. The van der Waals surface area contributed by atoms with Crippen LogP contribution in [0.1, 0.15) is 54.5 Å². The van der Waals surface area contributed by atoms with Gasteiger partial charge in [-0.05, 0) is 67.9 Å². The van der Waals surface area contributed by atoms with Crippen LogP contribution in [-0.4, -0.2) is 40.1 Å². The average molecular weight is 433 g/mol. The number of nitrogens with zero attached hydrogens (tertiary/aromatic N) is 3. The molecule has 6 nitrogen and oxygen atoms in total. The van der Waals surface area contributed by atoms with E-state index in [1.54, 1.807) is 17.2 Å². The predicted octanol–water partition coefficient (Wildman–Crippen LogP) is 3.57. The highest BCUT2D eigenvalue weighted by Crippen LogP contribution is 2.38. The summed E-state index contributed by atoms with van der Waals surface area (Å²) in [5, 5.41) is 2.63. The van der Waals surface area contributed by atoms with Crippen molar-refractivity contribution in [3.05, 3.63) is 69.6 Å². The summed E-state index contributed by atoms with van der Waals surface area (Å²) < 4.78 is 3.55. The van der Waals surface area contributed by atoms with E-state index < -0.39 is 0 Å². The van der Waals surface area contributed by atoms with Gasteiger partial charge in [-0.15, -0.1) is 0 Å². The van der Waals surface area contributed by atoms with Crippen LogP contribution in [0.2, 0.25) is 0 Å². The molecule has 1 saturated heterocycles. The molecule has 0 bridgehead atoms. The van der Waals surface area contributed by atoms with E-state index in [9.17, 15) is 9.59 Å². The molecular formula is C26H32N4O2. The molecule has 2 aromatic carbocycles. The van der Waals surface area contributed by atoms with Crippen molar-refractivity contribution in [1.82, 2.24) is 19.4 Å². The largest absolute Gasteiger partial charge is 0.358 e. The van der Waals surface area contributed by atoms with Gasteiger partial charge in [0.1, 0.15) is 6.54 Å². The third-order valence-corrected chi connectivity index (χ3v) is 7.46. The maximum absolute atomic E-state index is 13.4. The van der Waals surface area contributed by atoms with Crippen LogP contribution in [0.5, 0.6) is 0 Å². The van der Waals surface area contributed by atoms with Gasteiger partial charge in [0.25, 0.3) is 0 Å². The Labute approximate surface area is 188 Å². The highest BCUT2D eigenvalue weighted by atomic mass is 16.2. The smallest absolute Gasteiger partial charge is 0.329 e. The molecule has 5 rings (SSSR count). The van der Waals surface area contributed by atoms with E-state index >= 15 is 0 Å². The minimum atomic E-state index is -0.156. The summed E-state index contributed by atoms with van der Waals surface area (Å²) in [6.07, 6.45) is 5.55. The van der Waals surface area contributed by atoms with Gasteiger partial charge in [-0.1, -0.05) is 30.3 Å². The summed E-state index contributed by atoms with van der Waals surface area (Å²) in [5.41, 5.74) is 6.15. The van der Waals surface area contributed by atoms with Crippen LogP contribution in [0.3, 0.4) is 0 Å². The zero-order valence-corrected chi connectivity index (χ0v) is 19.0. The molecule has 6 heteroatoms. The lowest BCUT2D eigenvalue weighted by Crippen LogP contribution is -2.41. The monoisotopic (exact) mass is 432 g/mol. The predicted molar refractivity (Wildman–Crippen MR) is 127 cm³/mol. The highest BCUT2D eigenvalue weighted by molar-refractivity contribution is 5.80. The topological polar surface area (TPSA) is 59.3 Å². The first kappa shape index (κ1) is 21.0. The average Bonchev–Trinajstić information content (AvgIpc) is 3.10. The second-order valence-electron chi connectivity index (χ2n) is 9.22. The summed E-state index contributed by atoms with van der Waals surface area (Å²) in [5.74, 6) is -0.156. The molecule has 2 aliphatic rings. The number of para-hydroxylation sites is 2. The third-order valence-electron chi connectivity index (χ3n) is 7.46. The van der Waals surface area contributed by atoms with Gasteiger partial charge in [-0.25, -0.2) is 4.79 Å². The number of aryl methyl sites for hydroxylation is 1. The number of amides is 1. The SMILES string of the molecule is CNC(=O)Cn1c(=O)n(C2CCN([C@@H]3CCCc4c(C)cccc43)CC2)c2ccccc21. The number of hydrogen-bond donors (Lipinski definition) is 1. The first-order valence-corrected chi connectivity index (χ1v) is 11.8. The zero-order valence-electron chi connectivity index (χ0n) is 19.0. The molecule has 168 valence electrons. The third kappa shape index (κ3) is 3.56. The quantitative estimate of drug-likeness (QED) is 0.686. The number of carbonyl (C=O) groups is 1. The number of likely N-dealkylation sites (N-methyl/N-ethyl adjacent to an activating group) is 1. The van der Waals surface area contributed by atoms with Crippen LogP contribution in [0, 0.1) is 6.92 Å². The molecule has 2 heterocycles. The number of likely N-dealkylation sites (tertiary alicyclic amines) is 1. The number of benzene rings is 2. The summed E-state index contributed by atoms with van der Waals surface area (Å²) >= 11 is 0. The van der Waals surface area contributed by atoms with E-state index in [1.807, 2.05) is 28.8 Å². The zero-order chi connectivity index (χ0) is 22.2. The summed E-state index contributed by atoms with van der Waals surface area (Å²) in [4.78, 5) is 28.0. The molecule has 1 N–H and O–H groups in total. The number of fused-ring (bicyclic) bond motifs is 2. The molecule has 0 radical (unpaired) electrons. The molecule has 1 amide bonds.